The molecule has 0 spiro atoms. The molecule has 116 valence electrons. The van der Waals surface area contributed by atoms with E-state index in [9.17, 15) is 9.59 Å². The minimum absolute atomic E-state index is 0.402. The van der Waals surface area contributed by atoms with Gasteiger partial charge in [-0.2, -0.15) is 0 Å². The summed E-state index contributed by atoms with van der Waals surface area (Å²) in [6, 6.07) is 6.03. The Labute approximate surface area is 129 Å². The Hall–Kier alpha value is -1.79. The zero-order chi connectivity index (χ0) is 15.8. The molecule has 0 aliphatic carbocycles. The summed E-state index contributed by atoms with van der Waals surface area (Å²) in [6.07, 6.45) is 0.792. The Bertz CT molecular complexity index is 477. The van der Waals surface area contributed by atoms with Crippen LogP contribution in [0.5, 0.6) is 0 Å². The van der Waals surface area contributed by atoms with Crippen LogP contribution >= 0.6 is 11.6 Å². The van der Waals surface area contributed by atoms with Gasteiger partial charge in [-0.15, -0.1) is 0 Å². The number of carboxylic acids is 1. The highest BCUT2D eigenvalue weighted by atomic mass is 35.5. The smallest absolute Gasteiger partial charge is 0.323 e. The molecule has 6 nitrogen and oxygen atoms in total. The maximum absolute atomic E-state index is 12.1. The van der Waals surface area contributed by atoms with E-state index in [4.69, 9.17) is 16.7 Å². The summed E-state index contributed by atoms with van der Waals surface area (Å²) in [5.74, 6) is -1.08. The number of nitrogens with zero attached hydrogens (tertiary/aromatic N) is 2. The number of urea groups is 1. The summed E-state index contributed by atoms with van der Waals surface area (Å²) in [5, 5.41) is 12.2. The number of halogens is 1. The van der Waals surface area contributed by atoms with Gasteiger partial charge in [-0.1, -0.05) is 11.6 Å². The molecule has 21 heavy (non-hydrogen) atoms. The monoisotopic (exact) mass is 313 g/mol. The molecule has 0 aromatic heterocycles. The molecule has 0 atom stereocenters. The van der Waals surface area contributed by atoms with Crippen molar-refractivity contribution in [3.05, 3.63) is 29.3 Å². The van der Waals surface area contributed by atoms with Crippen LogP contribution in [0.25, 0.3) is 0 Å². The standard InChI is InChI=1S/C14H20ClN3O3/c1-17(2)9-3-8-16-14(21)18(10-13(19)20)12-6-4-11(15)5-7-12/h4-7H,3,8-10H2,1-2H3,(H,16,21)(H,19,20). The van der Waals surface area contributed by atoms with Gasteiger partial charge in [-0.05, 0) is 51.3 Å². The third kappa shape index (κ3) is 6.46. The predicted octanol–water partition coefficient (Wildman–Crippen LogP) is 1.89. The van der Waals surface area contributed by atoms with E-state index in [1.807, 2.05) is 19.0 Å². The number of benzene rings is 1. The molecule has 2 amide bonds. The van der Waals surface area contributed by atoms with Crippen LogP contribution in [0.15, 0.2) is 24.3 Å². The van der Waals surface area contributed by atoms with Crippen LogP contribution in [-0.4, -0.2) is 55.7 Å². The van der Waals surface area contributed by atoms with E-state index in [1.165, 1.54) is 4.90 Å². The number of anilines is 1. The number of rotatable bonds is 7. The van der Waals surface area contributed by atoms with Crippen LogP contribution < -0.4 is 10.2 Å². The first-order chi connectivity index (χ1) is 9.90. The SMILES string of the molecule is CN(C)CCCNC(=O)N(CC(=O)O)c1ccc(Cl)cc1. The molecule has 0 unspecified atom stereocenters. The third-order valence-corrected chi connectivity index (χ3v) is 2.99. The fourth-order valence-corrected chi connectivity index (χ4v) is 1.85. The molecule has 0 fully saturated rings. The molecular weight excluding hydrogens is 294 g/mol. The third-order valence-electron chi connectivity index (χ3n) is 2.74. The minimum atomic E-state index is -1.08. The first-order valence-corrected chi connectivity index (χ1v) is 6.95. The van der Waals surface area contributed by atoms with Crippen molar-refractivity contribution in [3.8, 4) is 0 Å². The zero-order valence-corrected chi connectivity index (χ0v) is 12.9. The Morgan fingerprint density at radius 1 is 1.24 bits per heavy atom. The largest absolute Gasteiger partial charge is 0.480 e. The Morgan fingerprint density at radius 3 is 2.38 bits per heavy atom. The first-order valence-electron chi connectivity index (χ1n) is 6.57. The van der Waals surface area contributed by atoms with Gasteiger partial charge < -0.3 is 15.3 Å². The summed E-state index contributed by atoms with van der Waals surface area (Å²) < 4.78 is 0. The van der Waals surface area contributed by atoms with Crippen molar-refractivity contribution in [1.82, 2.24) is 10.2 Å². The van der Waals surface area contributed by atoms with Crippen molar-refractivity contribution in [3.63, 3.8) is 0 Å². The fourth-order valence-electron chi connectivity index (χ4n) is 1.72. The van der Waals surface area contributed by atoms with Gasteiger partial charge >= 0.3 is 12.0 Å². The fraction of sp³-hybridized carbons (Fsp3) is 0.429. The van der Waals surface area contributed by atoms with Crippen molar-refractivity contribution in [2.45, 2.75) is 6.42 Å². The second-order valence-corrected chi connectivity index (χ2v) is 5.28. The highest BCUT2D eigenvalue weighted by Gasteiger charge is 2.18. The molecule has 0 saturated heterocycles. The van der Waals surface area contributed by atoms with E-state index in [2.05, 4.69) is 5.32 Å². The first kappa shape index (κ1) is 17.3. The molecule has 0 aliphatic rings. The topological polar surface area (TPSA) is 72.9 Å². The Morgan fingerprint density at radius 2 is 1.86 bits per heavy atom. The van der Waals surface area contributed by atoms with Crippen LogP contribution in [0.4, 0.5) is 10.5 Å². The molecule has 7 heteroatoms. The lowest BCUT2D eigenvalue weighted by Gasteiger charge is -2.21. The lowest BCUT2D eigenvalue weighted by atomic mass is 10.3. The Kier molecular flexibility index (Phi) is 6.98. The van der Waals surface area contributed by atoms with E-state index in [-0.39, 0.29) is 0 Å². The quantitative estimate of drug-likeness (QED) is 0.754. The van der Waals surface area contributed by atoms with Crippen LogP contribution in [0, 0.1) is 0 Å². The van der Waals surface area contributed by atoms with Gasteiger partial charge in [-0.25, -0.2) is 4.79 Å². The predicted molar refractivity (Wildman–Crippen MR) is 83.0 cm³/mol. The van der Waals surface area contributed by atoms with E-state index < -0.39 is 18.5 Å². The van der Waals surface area contributed by atoms with E-state index in [0.717, 1.165) is 13.0 Å². The maximum Gasteiger partial charge on any atom is 0.323 e. The van der Waals surface area contributed by atoms with Gasteiger partial charge in [0.1, 0.15) is 6.54 Å². The second kappa shape index (κ2) is 8.49. The van der Waals surface area contributed by atoms with Crippen molar-refractivity contribution in [1.29, 1.82) is 0 Å². The highest BCUT2D eigenvalue weighted by Crippen LogP contribution is 2.18. The summed E-state index contributed by atoms with van der Waals surface area (Å²) in [4.78, 5) is 26.2. The summed E-state index contributed by atoms with van der Waals surface area (Å²) in [7, 11) is 3.90. The number of carbonyl (C=O) groups is 2. The lowest BCUT2D eigenvalue weighted by molar-refractivity contribution is -0.135. The van der Waals surface area contributed by atoms with Crippen molar-refractivity contribution in [2.24, 2.45) is 0 Å². The maximum atomic E-state index is 12.1. The second-order valence-electron chi connectivity index (χ2n) is 4.85. The van der Waals surface area contributed by atoms with Crippen molar-refractivity contribution < 1.29 is 14.7 Å². The average Bonchev–Trinajstić information content (AvgIpc) is 2.41. The van der Waals surface area contributed by atoms with Gasteiger partial charge in [0.05, 0.1) is 0 Å². The number of amides is 2. The lowest BCUT2D eigenvalue weighted by Crippen LogP contribution is -2.43. The average molecular weight is 314 g/mol. The molecule has 0 heterocycles. The summed E-state index contributed by atoms with van der Waals surface area (Å²) >= 11 is 5.79. The molecule has 1 aromatic rings. The van der Waals surface area contributed by atoms with Gasteiger partial charge in [0, 0.05) is 17.3 Å². The number of carbonyl (C=O) groups excluding carboxylic acids is 1. The number of hydrogen-bond donors (Lipinski definition) is 2. The number of aliphatic carboxylic acids is 1. The van der Waals surface area contributed by atoms with E-state index >= 15 is 0 Å². The molecular formula is C14H20ClN3O3. The van der Waals surface area contributed by atoms with E-state index in [1.54, 1.807) is 24.3 Å². The van der Waals surface area contributed by atoms with Crippen molar-refractivity contribution >= 4 is 29.3 Å². The molecule has 0 saturated carbocycles. The van der Waals surface area contributed by atoms with Crippen LogP contribution in [0.1, 0.15) is 6.42 Å². The van der Waals surface area contributed by atoms with E-state index in [0.29, 0.717) is 17.3 Å². The molecule has 1 rings (SSSR count). The van der Waals surface area contributed by atoms with Gasteiger partial charge in [0.25, 0.3) is 0 Å². The van der Waals surface area contributed by atoms with Gasteiger partial charge in [0.2, 0.25) is 0 Å². The van der Waals surface area contributed by atoms with Gasteiger partial charge in [0.15, 0.2) is 0 Å². The van der Waals surface area contributed by atoms with Crippen molar-refractivity contribution in [2.75, 3.05) is 38.6 Å². The van der Waals surface area contributed by atoms with Crippen LogP contribution in [0.2, 0.25) is 5.02 Å². The highest BCUT2D eigenvalue weighted by molar-refractivity contribution is 6.30. The zero-order valence-electron chi connectivity index (χ0n) is 12.2. The molecule has 0 aliphatic heterocycles. The molecule has 2 N–H and O–H groups in total. The minimum Gasteiger partial charge on any atom is -0.480 e. The summed E-state index contributed by atoms with van der Waals surface area (Å²) in [5.41, 5.74) is 0.493. The number of carboxylic acid groups (broad SMARTS) is 1. The number of nitrogens with one attached hydrogen (secondary N) is 1. The Balaban J connectivity index is 2.66. The van der Waals surface area contributed by atoms with Crippen LogP contribution in [0.3, 0.4) is 0 Å². The number of hydrogen-bond acceptors (Lipinski definition) is 3. The summed E-state index contributed by atoms with van der Waals surface area (Å²) in [6.45, 7) is 0.933. The normalized spacial score (nSPS) is 10.5. The van der Waals surface area contributed by atoms with Gasteiger partial charge in [-0.3, -0.25) is 9.69 Å². The molecule has 0 bridgehead atoms. The van der Waals surface area contributed by atoms with Crippen LogP contribution in [-0.2, 0) is 4.79 Å². The molecule has 1 aromatic carbocycles. The molecule has 0 radical (unpaired) electrons.